The fourth-order valence-electron chi connectivity index (χ4n) is 0.900. The Morgan fingerprint density at radius 2 is 2.43 bits per heavy atom. The molecule has 0 aliphatic carbocycles. The minimum Gasteiger partial charge on any atom is -0.310 e. The molecule has 1 rings (SSSR count). The minimum atomic E-state index is -0.0648. The van der Waals surface area contributed by atoms with E-state index in [0.29, 0.717) is 24.5 Å². The smallest absolute Gasteiger partial charge is 0.225 e. The number of nitrogens with zero attached hydrogens (tertiary/aromatic N) is 1. The van der Waals surface area contributed by atoms with E-state index in [9.17, 15) is 4.79 Å². The van der Waals surface area contributed by atoms with E-state index in [2.05, 4.69) is 26.2 Å². The van der Waals surface area contributed by atoms with E-state index in [-0.39, 0.29) is 5.91 Å². The number of carbonyl (C=O) groups excluding carboxylic acids is 1. The van der Waals surface area contributed by atoms with Crippen LogP contribution in [-0.2, 0) is 4.79 Å². The zero-order valence-corrected chi connectivity index (χ0v) is 9.81. The summed E-state index contributed by atoms with van der Waals surface area (Å²) in [5.74, 6) is 0.980. The van der Waals surface area contributed by atoms with Crippen LogP contribution < -0.4 is 5.32 Å². The van der Waals surface area contributed by atoms with E-state index in [1.807, 2.05) is 6.07 Å². The predicted octanol–water partition coefficient (Wildman–Crippen LogP) is 2.80. The SMILES string of the molecule is O=C(CCCCl)Nc1ncccc1Br. The number of hydrogen-bond acceptors (Lipinski definition) is 2. The lowest BCUT2D eigenvalue weighted by Gasteiger charge is -2.04. The summed E-state index contributed by atoms with van der Waals surface area (Å²) in [5, 5.41) is 2.69. The minimum absolute atomic E-state index is 0.0648. The van der Waals surface area contributed by atoms with Crippen LogP contribution in [0.25, 0.3) is 0 Å². The van der Waals surface area contributed by atoms with Gasteiger partial charge in [-0.3, -0.25) is 4.79 Å². The van der Waals surface area contributed by atoms with E-state index < -0.39 is 0 Å². The van der Waals surface area contributed by atoms with Crippen LogP contribution in [-0.4, -0.2) is 16.8 Å². The van der Waals surface area contributed by atoms with Gasteiger partial charge in [-0.15, -0.1) is 11.6 Å². The molecule has 0 aliphatic rings. The summed E-state index contributed by atoms with van der Waals surface area (Å²) in [6, 6.07) is 3.61. The third-order valence-corrected chi connectivity index (χ3v) is 2.46. The summed E-state index contributed by atoms with van der Waals surface area (Å²) in [6.07, 6.45) is 2.73. The molecule has 0 unspecified atom stereocenters. The van der Waals surface area contributed by atoms with Gasteiger partial charge in [0.2, 0.25) is 5.91 Å². The highest BCUT2D eigenvalue weighted by atomic mass is 79.9. The third-order valence-electron chi connectivity index (χ3n) is 1.55. The lowest BCUT2D eigenvalue weighted by atomic mass is 10.3. The summed E-state index contributed by atoms with van der Waals surface area (Å²) < 4.78 is 0.777. The molecule has 5 heteroatoms. The van der Waals surface area contributed by atoms with E-state index >= 15 is 0 Å². The maximum atomic E-state index is 11.3. The number of halogens is 2. The van der Waals surface area contributed by atoms with Crippen molar-refractivity contribution in [3.05, 3.63) is 22.8 Å². The number of pyridine rings is 1. The van der Waals surface area contributed by atoms with Gasteiger partial charge in [-0.2, -0.15) is 0 Å². The van der Waals surface area contributed by atoms with Gasteiger partial charge >= 0.3 is 0 Å². The summed E-state index contributed by atoms with van der Waals surface area (Å²) in [5.41, 5.74) is 0. The number of nitrogens with one attached hydrogen (secondary N) is 1. The Morgan fingerprint density at radius 1 is 1.64 bits per heavy atom. The van der Waals surface area contributed by atoms with Crippen LogP contribution in [0.4, 0.5) is 5.82 Å². The number of amides is 1. The molecule has 3 nitrogen and oxygen atoms in total. The topological polar surface area (TPSA) is 42.0 Å². The van der Waals surface area contributed by atoms with Gasteiger partial charge in [0.1, 0.15) is 5.82 Å². The average Bonchev–Trinajstić information content (AvgIpc) is 2.18. The molecule has 1 heterocycles. The van der Waals surface area contributed by atoms with Gasteiger partial charge in [0.05, 0.1) is 4.47 Å². The summed E-state index contributed by atoms with van der Waals surface area (Å²) in [6.45, 7) is 0. The molecule has 0 atom stereocenters. The first-order chi connectivity index (χ1) is 6.74. The Labute approximate surface area is 96.0 Å². The first-order valence-electron chi connectivity index (χ1n) is 4.20. The van der Waals surface area contributed by atoms with Gasteiger partial charge in [-0.1, -0.05) is 0 Å². The van der Waals surface area contributed by atoms with Crippen LogP contribution in [0.1, 0.15) is 12.8 Å². The quantitative estimate of drug-likeness (QED) is 0.860. The van der Waals surface area contributed by atoms with Crippen LogP contribution >= 0.6 is 27.5 Å². The lowest BCUT2D eigenvalue weighted by Crippen LogP contribution is -2.12. The second-order valence-electron chi connectivity index (χ2n) is 2.67. The van der Waals surface area contributed by atoms with Gasteiger partial charge in [0.15, 0.2) is 0 Å². The fourth-order valence-corrected chi connectivity index (χ4v) is 1.39. The van der Waals surface area contributed by atoms with E-state index in [1.165, 1.54) is 0 Å². The van der Waals surface area contributed by atoms with Crippen LogP contribution in [0.3, 0.4) is 0 Å². The molecular formula is C9H10BrClN2O. The average molecular weight is 278 g/mol. The molecule has 0 aromatic carbocycles. The number of carbonyl (C=O) groups is 1. The van der Waals surface area contributed by atoms with Crippen molar-refractivity contribution in [3.8, 4) is 0 Å². The Balaban J connectivity index is 2.52. The number of aromatic nitrogens is 1. The van der Waals surface area contributed by atoms with Gasteiger partial charge in [0.25, 0.3) is 0 Å². The Hall–Kier alpha value is -0.610. The van der Waals surface area contributed by atoms with Crippen molar-refractivity contribution < 1.29 is 4.79 Å². The molecule has 0 bridgehead atoms. The van der Waals surface area contributed by atoms with Gasteiger partial charge < -0.3 is 5.32 Å². The second kappa shape index (κ2) is 5.98. The number of rotatable bonds is 4. The summed E-state index contributed by atoms with van der Waals surface area (Å²) in [7, 11) is 0. The molecule has 0 radical (unpaired) electrons. The maximum Gasteiger partial charge on any atom is 0.225 e. The summed E-state index contributed by atoms with van der Waals surface area (Å²) in [4.78, 5) is 15.3. The van der Waals surface area contributed by atoms with Crippen molar-refractivity contribution in [3.63, 3.8) is 0 Å². The van der Waals surface area contributed by atoms with E-state index in [4.69, 9.17) is 11.6 Å². The molecular weight excluding hydrogens is 267 g/mol. The third kappa shape index (κ3) is 3.64. The summed E-state index contributed by atoms with van der Waals surface area (Å²) >= 11 is 8.76. The first-order valence-corrected chi connectivity index (χ1v) is 5.53. The Kier molecular flexibility index (Phi) is 4.90. The van der Waals surface area contributed by atoms with E-state index in [1.54, 1.807) is 12.3 Å². The molecule has 0 aliphatic heterocycles. The normalized spacial score (nSPS) is 9.86. The molecule has 0 spiro atoms. The van der Waals surface area contributed by atoms with Crippen LogP contribution in [0.15, 0.2) is 22.8 Å². The Bertz CT molecular complexity index is 319. The predicted molar refractivity (Wildman–Crippen MR) is 60.5 cm³/mol. The molecule has 76 valence electrons. The van der Waals surface area contributed by atoms with Gasteiger partial charge in [-0.05, 0) is 34.5 Å². The second-order valence-corrected chi connectivity index (χ2v) is 3.91. The highest BCUT2D eigenvalue weighted by Crippen LogP contribution is 2.18. The van der Waals surface area contributed by atoms with Crippen LogP contribution in [0.2, 0.25) is 0 Å². The number of hydrogen-bond donors (Lipinski definition) is 1. The van der Waals surface area contributed by atoms with Gasteiger partial charge in [0, 0.05) is 18.5 Å². The lowest BCUT2D eigenvalue weighted by molar-refractivity contribution is -0.116. The zero-order chi connectivity index (χ0) is 10.4. The van der Waals surface area contributed by atoms with Crippen molar-refractivity contribution in [1.29, 1.82) is 0 Å². The molecule has 0 fully saturated rings. The fraction of sp³-hybridized carbons (Fsp3) is 0.333. The van der Waals surface area contributed by atoms with Crippen molar-refractivity contribution in [2.45, 2.75) is 12.8 Å². The van der Waals surface area contributed by atoms with Crippen molar-refractivity contribution in [2.24, 2.45) is 0 Å². The van der Waals surface area contributed by atoms with E-state index in [0.717, 1.165) is 4.47 Å². The molecule has 1 aromatic rings. The van der Waals surface area contributed by atoms with Crippen LogP contribution in [0.5, 0.6) is 0 Å². The number of anilines is 1. The zero-order valence-electron chi connectivity index (χ0n) is 7.46. The standard InChI is InChI=1S/C9H10BrClN2O/c10-7-3-2-6-12-9(7)13-8(14)4-1-5-11/h2-3,6H,1,4-5H2,(H,12,13,14). The largest absolute Gasteiger partial charge is 0.310 e. The van der Waals surface area contributed by atoms with Crippen molar-refractivity contribution in [1.82, 2.24) is 4.98 Å². The molecule has 1 N–H and O–H groups in total. The monoisotopic (exact) mass is 276 g/mol. The molecule has 14 heavy (non-hydrogen) atoms. The maximum absolute atomic E-state index is 11.3. The molecule has 1 aromatic heterocycles. The molecule has 1 amide bonds. The van der Waals surface area contributed by atoms with Crippen molar-refractivity contribution in [2.75, 3.05) is 11.2 Å². The van der Waals surface area contributed by atoms with Gasteiger partial charge in [-0.25, -0.2) is 4.98 Å². The Morgan fingerprint density at radius 3 is 3.07 bits per heavy atom. The first kappa shape index (κ1) is 11.5. The van der Waals surface area contributed by atoms with Crippen LogP contribution in [0, 0.1) is 0 Å². The highest BCUT2D eigenvalue weighted by Gasteiger charge is 2.04. The van der Waals surface area contributed by atoms with Crippen molar-refractivity contribution >= 4 is 39.3 Å². The molecule has 0 saturated carbocycles. The highest BCUT2D eigenvalue weighted by molar-refractivity contribution is 9.10. The molecule has 0 saturated heterocycles. The number of alkyl halides is 1.